The van der Waals surface area contributed by atoms with Crippen LogP contribution >= 0.6 is 0 Å². The summed E-state index contributed by atoms with van der Waals surface area (Å²) in [7, 11) is 0. The molecule has 12 aromatic rings. The van der Waals surface area contributed by atoms with Crippen LogP contribution in [0.2, 0.25) is 0 Å². The van der Waals surface area contributed by atoms with E-state index in [1.54, 1.807) is 0 Å². The van der Waals surface area contributed by atoms with Crippen molar-refractivity contribution in [1.82, 2.24) is 19.5 Å². The smallest absolute Gasteiger partial charge is 0.164 e. The van der Waals surface area contributed by atoms with Crippen LogP contribution in [0, 0.1) is 0 Å². The Labute approximate surface area is 395 Å². The molecule has 2 aromatic heterocycles. The molecular weight excluding hydrogens is 813 g/mol. The molecule has 10 aromatic carbocycles. The van der Waals surface area contributed by atoms with Crippen LogP contribution in [0.15, 0.2) is 255 Å². The number of hydrogen-bond acceptors (Lipinski definition) is 3. The summed E-state index contributed by atoms with van der Waals surface area (Å²) >= 11 is 0. The van der Waals surface area contributed by atoms with Gasteiger partial charge in [0.05, 0.1) is 16.5 Å². The summed E-state index contributed by atoms with van der Waals surface area (Å²) in [6.45, 7) is 0. The lowest BCUT2D eigenvalue weighted by Crippen LogP contribution is -2.00. The first-order valence-corrected chi connectivity index (χ1v) is 22.3. The second kappa shape index (κ2) is 17.2. The van der Waals surface area contributed by atoms with Gasteiger partial charge in [-0.3, -0.25) is 0 Å². The van der Waals surface area contributed by atoms with E-state index in [-0.39, 0.29) is 24.2 Å². The Hall–Kier alpha value is -8.99. The van der Waals surface area contributed by atoms with Crippen molar-refractivity contribution in [2.45, 2.75) is 0 Å². The van der Waals surface area contributed by atoms with E-state index in [0.717, 1.165) is 88.9 Å². The normalized spacial score (nSPS) is 12.1. The van der Waals surface area contributed by atoms with Crippen molar-refractivity contribution in [2.24, 2.45) is 0 Å². The fourth-order valence-electron chi connectivity index (χ4n) is 9.09. The van der Waals surface area contributed by atoms with Crippen LogP contribution < -0.4 is 0 Å². The molecule has 0 aliphatic heterocycles. The predicted molar refractivity (Wildman–Crippen MR) is 278 cm³/mol. The van der Waals surface area contributed by atoms with E-state index >= 15 is 0 Å². The van der Waals surface area contributed by atoms with Gasteiger partial charge in [-0.25, -0.2) is 15.0 Å². The Kier molecular flexibility index (Phi) is 9.07. The quantitative estimate of drug-likeness (QED) is 0.145. The third-order valence-electron chi connectivity index (χ3n) is 12.4. The molecule has 0 radical (unpaired) electrons. The largest absolute Gasteiger partial charge is 0.309 e. The van der Waals surface area contributed by atoms with Crippen molar-refractivity contribution in [3.63, 3.8) is 0 Å². The summed E-state index contributed by atoms with van der Waals surface area (Å²) in [5, 5.41) is 1.20. The molecule has 4 nitrogen and oxygen atoms in total. The van der Waals surface area contributed by atoms with Gasteiger partial charge in [0.2, 0.25) is 0 Å². The summed E-state index contributed by atoms with van der Waals surface area (Å²) in [6, 6.07) is 77.5. The maximum absolute atomic E-state index is 9.44. The van der Waals surface area contributed by atoms with Gasteiger partial charge in [0.25, 0.3) is 0 Å². The maximum atomic E-state index is 9.44. The summed E-state index contributed by atoms with van der Waals surface area (Å²) in [5.74, 6) is 1.68. The van der Waals surface area contributed by atoms with Crippen LogP contribution in [0.3, 0.4) is 0 Å². The molecule has 67 heavy (non-hydrogen) atoms. The molecule has 0 saturated heterocycles. The minimum atomic E-state index is -0.284. The number of fused-ring (bicyclic) bond motifs is 3. The fourth-order valence-corrected chi connectivity index (χ4v) is 9.09. The van der Waals surface area contributed by atoms with Gasteiger partial charge in [0.15, 0.2) is 17.5 Å². The van der Waals surface area contributed by atoms with Crippen molar-refractivity contribution in [3.8, 4) is 95.5 Å². The highest BCUT2D eigenvalue weighted by molar-refractivity contribution is 6.14. The highest BCUT2D eigenvalue weighted by Gasteiger charge is 2.19. The molecule has 0 spiro atoms. The molecule has 2 heterocycles. The van der Waals surface area contributed by atoms with Gasteiger partial charge >= 0.3 is 0 Å². The van der Waals surface area contributed by atoms with Crippen LogP contribution in [0.1, 0.15) is 5.48 Å². The first-order chi connectivity index (χ1) is 34.9. The number of hydrogen-bond donors (Lipinski definition) is 0. The zero-order chi connectivity index (χ0) is 48.0. The van der Waals surface area contributed by atoms with Crippen LogP contribution in [0.4, 0.5) is 0 Å². The number of rotatable bonds is 9. The van der Waals surface area contributed by atoms with Gasteiger partial charge in [0.1, 0.15) is 0 Å². The SMILES string of the molecule is [2H]c1c([2H])c([2H])c2c(c1[2H])c1cccc(-c3cc(-c4ccccc4)cc(-c4ccccc4)c3)c1n2-c1cccc(-c2cccc(-c3nc(-c4ccccc4)nc(-c4ccc(-c5ccccc5)cc4)n3)c2)c1. The Balaban J connectivity index is 1.02. The minimum Gasteiger partial charge on any atom is -0.309 e. The zero-order valence-electron chi connectivity index (χ0n) is 40.2. The van der Waals surface area contributed by atoms with E-state index in [9.17, 15) is 2.74 Å². The second-order valence-corrected chi connectivity index (χ2v) is 16.5. The molecule has 0 aliphatic carbocycles. The molecule has 0 atom stereocenters. The average Bonchev–Trinajstić information content (AvgIpc) is 3.81. The van der Waals surface area contributed by atoms with E-state index in [2.05, 4.69) is 109 Å². The molecule has 0 bridgehead atoms. The van der Waals surface area contributed by atoms with Crippen LogP contribution in [0.25, 0.3) is 117 Å². The topological polar surface area (TPSA) is 43.6 Å². The molecule has 0 unspecified atom stereocenters. The minimum absolute atomic E-state index is 0.0764. The summed E-state index contributed by atoms with van der Waals surface area (Å²) in [4.78, 5) is 15.1. The van der Waals surface area contributed by atoms with Gasteiger partial charge in [-0.1, -0.05) is 212 Å². The van der Waals surface area contributed by atoms with Crippen molar-refractivity contribution >= 4 is 21.8 Å². The first-order valence-electron chi connectivity index (χ1n) is 24.3. The van der Waals surface area contributed by atoms with Crippen LogP contribution in [0.5, 0.6) is 0 Å². The average molecular weight is 859 g/mol. The molecule has 0 aliphatic rings. The molecule has 314 valence electrons. The second-order valence-electron chi connectivity index (χ2n) is 16.5. The van der Waals surface area contributed by atoms with E-state index < -0.39 is 0 Å². The van der Waals surface area contributed by atoms with Gasteiger partial charge < -0.3 is 4.57 Å². The summed E-state index contributed by atoms with van der Waals surface area (Å²) in [5.41, 5.74) is 14.7. The summed E-state index contributed by atoms with van der Waals surface area (Å²) in [6.07, 6.45) is 0. The highest BCUT2D eigenvalue weighted by Crippen LogP contribution is 2.41. The number of para-hydroxylation sites is 2. The Bertz CT molecular complexity index is 3900. The fraction of sp³-hybridized carbons (Fsp3) is 0. The van der Waals surface area contributed by atoms with Gasteiger partial charge in [-0.15, -0.1) is 0 Å². The Morgan fingerprint density at radius 2 is 0.716 bits per heavy atom. The molecule has 0 N–H and O–H groups in total. The number of benzene rings is 10. The van der Waals surface area contributed by atoms with Crippen LogP contribution in [-0.4, -0.2) is 19.5 Å². The number of nitrogens with zero attached hydrogens (tertiary/aromatic N) is 4. The van der Waals surface area contributed by atoms with E-state index in [0.29, 0.717) is 28.4 Å². The van der Waals surface area contributed by atoms with E-state index in [4.69, 9.17) is 17.7 Å². The first kappa shape index (κ1) is 35.4. The standard InChI is InChI=1S/C63H42N4/c1-5-18-43(19-6-1)46-34-36-48(37-35-46)62-64-61(47-24-11-4-12-25-47)65-63(66-62)51-28-15-26-49(38-51)50-27-16-29-55(42-50)67-59-33-14-13-30-57(59)58-32-17-31-56(60(58)67)54-40-52(44-20-7-2-8-21-44)39-53(41-54)45-22-9-3-10-23-45/h1-42H/i13D,14D,30D,33D. The Morgan fingerprint density at radius 3 is 1.34 bits per heavy atom. The maximum Gasteiger partial charge on any atom is 0.164 e. The van der Waals surface area contributed by atoms with E-state index in [1.165, 1.54) is 0 Å². The molecule has 0 fully saturated rings. The zero-order valence-corrected chi connectivity index (χ0v) is 36.2. The lowest BCUT2D eigenvalue weighted by atomic mass is 9.92. The van der Waals surface area contributed by atoms with Crippen LogP contribution in [-0.2, 0) is 0 Å². The third kappa shape index (κ3) is 7.67. The Morgan fingerprint density at radius 1 is 0.299 bits per heavy atom. The van der Waals surface area contributed by atoms with Crippen molar-refractivity contribution in [2.75, 3.05) is 0 Å². The molecular formula is C63H42N4. The van der Waals surface area contributed by atoms with Gasteiger partial charge in [0, 0.05) is 38.7 Å². The lowest BCUT2D eigenvalue weighted by molar-refractivity contribution is 1.07. The monoisotopic (exact) mass is 858 g/mol. The molecule has 4 heteroatoms. The van der Waals surface area contributed by atoms with Crippen molar-refractivity contribution in [1.29, 1.82) is 0 Å². The molecule has 12 rings (SSSR count). The van der Waals surface area contributed by atoms with Crippen molar-refractivity contribution < 1.29 is 5.48 Å². The number of aromatic nitrogens is 4. The molecule has 0 saturated carbocycles. The summed E-state index contributed by atoms with van der Waals surface area (Å²) < 4.78 is 38.5. The predicted octanol–water partition coefficient (Wildman–Crippen LogP) is 16.3. The van der Waals surface area contributed by atoms with Gasteiger partial charge in [-0.05, 0) is 92.5 Å². The molecule has 0 amide bonds. The third-order valence-corrected chi connectivity index (χ3v) is 12.4. The van der Waals surface area contributed by atoms with Crippen molar-refractivity contribution in [3.05, 3.63) is 255 Å². The van der Waals surface area contributed by atoms with Gasteiger partial charge in [-0.2, -0.15) is 0 Å². The lowest BCUT2D eigenvalue weighted by Gasteiger charge is -2.15. The van der Waals surface area contributed by atoms with E-state index in [1.807, 2.05) is 126 Å². The highest BCUT2D eigenvalue weighted by atomic mass is 15.0.